The van der Waals surface area contributed by atoms with Crippen molar-refractivity contribution in [3.8, 4) is 5.75 Å². The van der Waals surface area contributed by atoms with Gasteiger partial charge in [0.25, 0.3) is 0 Å². The molecule has 0 saturated carbocycles. The first-order chi connectivity index (χ1) is 16.2. The van der Waals surface area contributed by atoms with E-state index in [4.69, 9.17) is 9.47 Å². The van der Waals surface area contributed by atoms with Gasteiger partial charge in [0.2, 0.25) is 6.41 Å². The van der Waals surface area contributed by atoms with E-state index in [2.05, 4.69) is 66.5 Å². The Bertz CT molecular complexity index is 1080. The van der Waals surface area contributed by atoms with Crippen LogP contribution in [0, 0.1) is 0 Å². The van der Waals surface area contributed by atoms with Crippen molar-refractivity contribution in [2.75, 3.05) is 38.2 Å². The third-order valence-corrected chi connectivity index (χ3v) is 6.74. The molecule has 3 aromatic carbocycles. The molecule has 4 rings (SSSR count). The molecule has 2 atom stereocenters. The average Bonchev–Trinajstić information content (AvgIpc) is 2.87. The highest BCUT2D eigenvalue weighted by molar-refractivity contribution is 14.2. The minimum absolute atomic E-state index is 0.368. The summed E-state index contributed by atoms with van der Waals surface area (Å²) in [5, 5.41) is 12.6. The van der Waals surface area contributed by atoms with E-state index < -0.39 is 27.4 Å². The second-order valence-corrected chi connectivity index (χ2v) is 9.21. The summed E-state index contributed by atoms with van der Waals surface area (Å²) in [6.07, 6.45) is 2.71. The minimum Gasteiger partial charge on any atom is -0.497 e. The number of ether oxygens (including phenoxy) is 2. The molecule has 1 aliphatic heterocycles. The molecule has 2 unspecified atom stereocenters. The Labute approximate surface area is 205 Å². The SMILES string of the molecule is C=INC(O)OC(/C=C/N1CCN(c2ccc(OC)cc2)CC1)c1ccc2ccccc2c1. The fourth-order valence-corrected chi connectivity index (χ4v) is 4.50. The average molecular weight is 559 g/mol. The molecule has 7 heteroatoms. The first-order valence-electron chi connectivity index (χ1n) is 10.9. The second-order valence-electron chi connectivity index (χ2n) is 7.82. The quantitative estimate of drug-likeness (QED) is 0.230. The van der Waals surface area contributed by atoms with Crippen LogP contribution in [0.4, 0.5) is 5.69 Å². The maximum Gasteiger partial charge on any atom is 0.222 e. The van der Waals surface area contributed by atoms with Crippen molar-refractivity contribution in [2.24, 2.45) is 0 Å². The topological polar surface area (TPSA) is 57.2 Å². The van der Waals surface area contributed by atoms with E-state index in [1.54, 1.807) is 7.11 Å². The number of halogens is 1. The number of hydrogen-bond acceptors (Lipinski definition) is 6. The summed E-state index contributed by atoms with van der Waals surface area (Å²) in [5.74, 6) is 0.873. The third kappa shape index (κ3) is 6.32. The van der Waals surface area contributed by atoms with E-state index in [9.17, 15) is 5.11 Å². The van der Waals surface area contributed by atoms with Gasteiger partial charge in [0.1, 0.15) is 11.9 Å². The van der Waals surface area contributed by atoms with Crippen LogP contribution >= 0.6 is 21.0 Å². The lowest BCUT2D eigenvalue weighted by Crippen LogP contribution is -2.44. The molecule has 6 nitrogen and oxygen atoms in total. The van der Waals surface area contributed by atoms with E-state index in [-0.39, 0.29) is 6.10 Å². The normalized spacial score (nSPS) is 16.3. The number of anilines is 1. The maximum atomic E-state index is 10.2. The zero-order valence-electron chi connectivity index (χ0n) is 18.7. The highest BCUT2D eigenvalue weighted by atomic mass is 127. The number of rotatable bonds is 9. The van der Waals surface area contributed by atoms with Gasteiger partial charge in [-0.2, -0.15) is 0 Å². The summed E-state index contributed by atoms with van der Waals surface area (Å²) in [4.78, 5) is 4.68. The van der Waals surface area contributed by atoms with Gasteiger partial charge in [0, 0.05) is 31.9 Å². The number of methoxy groups -OCH3 is 1. The molecule has 0 spiro atoms. The number of fused-ring (bicyclic) bond motifs is 1. The Morgan fingerprint density at radius 2 is 1.73 bits per heavy atom. The van der Waals surface area contributed by atoms with Gasteiger partial charge in [-0.05, 0) is 79.9 Å². The summed E-state index contributed by atoms with van der Waals surface area (Å²) in [7, 11) is 1.69. The van der Waals surface area contributed by atoms with Gasteiger partial charge in [0.15, 0.2) is 0 Å². The monoisotopic (exact) mass is 559 g/mol. The van der Waals surface area contributed by atoms with E-state index in [1.807, 2.05) is 30.3 Å². The smallest absolute Gasteiger partial charge is 0.222 e. The molecule has 0 radical (unpaired) electrons. The standard InChI is InChI=1S/C26H30IN3O3/c1-27-28-26(31)33-25(22-8-7-20-5-3-4-6-21(20)19-22)13-14-29-15-17-30(18-16-29)23-9-11-24(32-2)12-10-23/h3-14,19,25-26,28,31H,1,15-18H2,2H3/b14-13+. The number of aliphatic hydroxyl groups is 1. The molecule has 0 bridgehead atoms. The van der Waals surface area contributed by atoms with Crippen molar-refractivity contribution in [3.05, 3.63) is 84.6 Å². The summed E-state index contributed by atoms with van der Waals surface area (Å²) >= 11 is -0.540. The molecule has 0 aromatic heterocycles. The molecule has 0 aliphatic carbocycles. The second kappa shape index (κ2) is 11.6. The van der Waals surface area contributed by atoms with Gasteiger partial charge < -0.3 is 24.4 Å². The number of piperazine rings is 1. The van der Waals surface area contributed by atoms with Crippen LogP contribution in [0.15, 0.2) is 79.0 Å². The fraction of sp³-hybridized carbons (Fsp3) is 0.269. The van der Waals surface area contributed by atoms with E-state index in [1.165, 1.54) is 11.1 Å². The third-order valence-electron chi connectivity index (χ3n) is 5.77. The molecule has 174 valence electrons. The maximum absolute atomic E-state index is 10.2. The van der Waals surface area contributed by atoms with Crippen molar-refractivity contribution in [3.63, 3.8) is 0 Å². The molecule has 1 fully saturated rings. The Balaban J connectivity index is 1.44. The predicted octanol–water partition coefficient (Wildman–Crippen LogP) is 4.43. The van der Waals surface area contributed by atoms with Gasteiger partial charge in [-0.15, -0.1) is 0 Å². The molecule has 2 N–H and O–H groups in total. The first-order valence-corrected chi connectivity index (χ1v) is 13.5. The lowest BCUT2D eigenvalue weighted by atomic mass is 10.0. The number of aliphatic hydroxyl groups excluding tert-OH is 1. The zero-order valence-corrected chi connectivity index (χ0v) is 20.9. The van der Waals surface area contributed by atoms with Crippen molar-refractivity contribution in [1.82, 2.24) is 8.43 Å². The largest absolute Gasteiger partial charge is 0.497 e. The van der Waals surface area contributed by atoms with Crippen LogP contribution in [0.1, 0.15) is 11.7 Å². The number of benzene rings is 3. The molecule has 1 saturated heterocycles. The van der Waals surface area contributed by atoms with Crippen LogP contribution in [-0.4, -0.2) is 54.2 Å². The van der Waals surface area contributed by atoms with E-state index >= 15 is 0 Å². The number of nitrogens with zero attached hydrogens (tertiary/aromatic N) is 2. The van der Waals surface area contributed by atoms with Crippen LogP contribution < -0.4 is 13.2 Å². The Kier molecular flexibility index (Phi) is 8.33. The minimum atomic E-state index is -1.04. The van der Waals surface area contributed by atoms with Gasteiger partial charge in [-0.25, -0.2) is 3.53 Å². The van der Waals surface area contributed by atoms with Crippen molar-refractivity contribution in [1.29, 1.82) is 0 Å². The Morgan fingerprint density at radius 3 is 2.42 bits per heavy atom. The molecule has 0 amide bonds. The lowest BCUT2D eigenvalue weighted by Gasteiger charge is -2.35. The van der Waals surface area contributed by atoms with Gasteiger partial charge in [0.05, 0.1) is 7.11 Å². The summed E-state index contributed by atoms with van der Waals surface area (Å²) in [5.41, 5.74) is 2.22. The van der Waals surface area contributed by atoms with Gasteiger partial charge in [-0.3, -0.25) is 0 Å². The van der Waals surface area contributed by atoms with E-state index in [0.717, 1.165) is 42.9 Å². The summed E-state index contributed by atoms with van der Waals surface area (Å²) in [6.45, 7) is 3.71. The van der Waals surface area contributed by atoms with Crippen LogP contribution in [0.2, 0.25) is 0 Å². The van der Waals surface area contributed by atoms with Crippen molar-refractivity contribution < 1.29 is 14.6 Å². The zero-order chi connectivity index (χ0) is 23.0. The first kappa shape index (κ1) is 23.7. The Morgan fingerprint density at radius 1 is 1.00 bits per heavy atom. The molecular formula is C26H30IN3O3. The highest BCUT2D eigenvalue weighted by Crippen LogP contribution is 2.26. The Hall–Kier alpha value is -2.46. The molecule has 1 heterocycles. The summed E-state index contributed by atoms with van der Waals surface area (Å²) in [6, 6.07) is 22.7. The number of nitrogens with one attached hydrogen (secondary N) is 1. The van der Waals surface area contributed by atoms with Gasteiger partial charge in [-0.1, -0.05) is 40.9 Å². The van der Waals surface area contributed by atoms with Crippen LogP contribution in [0.5, 0.6) is 5.75 Å². The molecule has 3 aromatic rings. The van der Waals surface area contributed by atoms with Crippen molar-refractivity contribution >= 4 is 42.0 Å². The van der Waals surface area contributed by atoms with Crippen molar-refractivity contribution in [2.45, 2.75) is 12.5 Å². The van der Waals surface area contributed by atoms with E-state index in [0.29, 0.717) is 0 Å². The molecular weight excluding hydrogens is 529 g/mol. The van der Waals surface area contributed by atoms with Crippen LogP contribution in [-0.2, 0) is 4.74 Å². The molecule has 33 heavy (non-hydrogen) atoms. The van der Waals surface area contributed by atoms with Crippen LogP contribution in [0.25, 0.3) is 10.8 Å². The molecule has 1 aliphatic rings. The predicted molar refractivity (Wildman–Crippen MR) is 144 cm³/mol. The number of hydrogen-bond donors (Lipinski definition) is 2. The van der Waals surface area contributed by atoms with Crippen LogP contribution in [0.3, 0.4) is 0 Å². The fourth-order valence-electron chi connectivity index (χ4n) is 3.97. The highest BCUT2D eigenvalue weighted by Gasteiger charge is 2.18. The van der Waals surface area contributed by atoms with Gasteiger partial charge >= 0.3 is 0 Å². The summed E-state index contributed by atoms with van der Waals surface area (Å²) < 4.78 is 17.9. The lowest BCUT2D eigenvalue weighted by molar-refractivity contribution is -0.125.